The largest absolute Gasteiger partial charge is 0.489 e. The number of halogens is 2. The molecule has 0 bridgehead atoms. The number of hydrogen-bond donors (Lipinski definition) is 1. The van der Waals surface area contributed by atoms with Gasteiger partial charge in [0, 0.05) is 12.1 Å². The van der Waals surface area contributed by atoms with Gasteiger partial charge in [0.15, 0.2) is 0 Å². The smallest absolute Gasteiger partial charge is 0.251 e. The summed E-state index contributed by atoms with van der Waals surface area (Å²) in [6.07, 6.45) is 0.902. The summed E-state index contributed by atoms with van der Waals surface area (Å²) in [6.45, 7) is 3.03. The molecule has 1 amide bonds. The quantitative estimate of drug-likeness (QED) is 0.828. The first-order valence-electron chi connectivity index (χ1n) is 7.05. The van der Waals surface area contributed by atoms with Crippen LogP contribution in [0, 0.1) is 0 Å². The Morgan fingerprint density at radius 2 is 1.95 bits per heavy atom. The lowest BCUT2D eigenvalue weighted by Gasteiger charge is -2.09. The van der Waals surface area contributed by atoms with Crippen LogP contribution in [0.2, 0.25) is 10.0 Å². The highest BCUT2D eigenvalue weighted by Crippen LogP contribution is 2.23. The van der Waals surface area contributed by atoms with Gasteiger partial charge < -0.3 is 10.1 Å². The predicted octanol–water partition coefficient (Wildman–Crippen LogP) is 4.71. The summed E-state index contributed by atoms with van der Waals surface area (Å²) in [5, 5.41) is 3.85. The van der Waals surface area contributed by atoms with Crippen molar-refractivity contribution in [2.24, 2.45) is 0 Å². The Morgan fingerprint density at radius 1 is 1.14 bits per heavy atom. The fraction of sp³-hybridized carbons (Fsp3) is 0.235. The van der Waals surface area contributed by atoms with Gasteiger partial charge in [-0.05, 0) is 42.3 Å². The lowest BCUT2D eigenvalue weighted by atomic mass is 10.2. The molecular formula is C17H17Cl2NO2. The topological polar surface area (TPSA) is 38.3 Å². The highest BCUT2D eigenvalue weighted by molar-refractivity contribution is 6.42. The Bertz CT molecular complexity index is 659. The molecule has 5 heteroatoms. The van der Waals surface area contributed by atoms with Gasteiger partial charge >= 0.3 is 0 Å². The van der Waals surface area contributed by atoms with Crippen LogP contribution >= 0.6 is 23.2 Å². The molecule has 0 aromatic heterocycles. The minimum atomic E-state index is -0.0955. The van der Waals surface area contributed by atoms with E-state index in [0.717, 1.165) is 12.0 Å². The number of carbonyl (C=O) groups is 1. The van der Waals surface area contributed by atoms with E-state index in [-0.39, 0.29) is 5.91 Å². The monoisotopic (exact) mass is 337 g/mol. The normalized spacial score (nSPS) is 10.3. The lowest BCUT2D eigenvalue weighted by Crippen LogP contribution is -2.23. The number of amides is 1. The Hall–Kier alpha value is -1.71. The molecule has 0 unspecified atom stereocenters. The minimum absolute atomic E-state index is 0.0955. The average molecular weight is 338 g/mol. The Balaban J connectivity index is 2.01. The van der Waals surface area contributed by atoms with Crippen LogP contribution in [0.15, 0.2) is 42.5 Å². The summed E-state index contributed by atoms with van der Waals surface area (Å²) in [5.74, 6) is 0.539. The molecule has 0 atom stereocenters. The van der Waals surface area contributed by atoms with Gasteiger partial charge in [0.2, 0.25) is 0 Å². The highest BCUT2D eigenvalue weighted by atomic mass is 35.5. The van der Waals surface area contributed by atoms with Gasteiger partial charge in [-0.25, -0.2) is 0 Å². The maximum Gasteiger partial charge on any atom is 0.251 e. The van der Waals surface area contributed by atoms with E-state index in [1.54, 1.807) is 30.3 Å². The molecule has 2 rings (SSSR count). The fourth-order valence-corrected chi connectivity index (χ4v) is 2.18. The van der Waals surface area contributed by atoms with Crippen molar-refractivity contribution in [3.05, 3.63) is 63.6 Å². The summed E-state index contributed by atoms with van der Waals surface area (Å²) in [6, 6.07) is 12.4. The SMILES string of the molecule is CCCNC(=O)c1cccc(OCc2ccc(Cl)c(Cl)c2)c1. The van der Waals surface area contributed by atoms with Gasteiger partial charge in [0.25, 0.3) is 5.91 Å². The average Bonchev–Trinajstić information content (AvgIpc) is 2.54. The summed E-state index contributed by atoms with van der Waals surface area (Å²) >= 11 is 11.8. The molecule has 0 spiro atoms. The van der Waals surface area contributed by atoms with Gasteiger partial charge in [-0.3, -0.25) is 4.79 Å². The molecule has 0 aliphatic rings. The first kappa shape index (κ1) is 16.7. The number of carbonyl (C=O) groups excluding carboxylic acids is 1. The maximum atomic E-state index is 11.9. The van der Waals surface area contributed by atoms with Crippen LogP contribution < -0.4 is 10.1 Å². The maximum absolute atomic E-state index is 11.9. The molecule has 0 radical (unpaired) electrons. The van der Waals surface area contributed by atoms with Crippen molar-refractivity contribution < 1.29 is 9.53 Å². The minimum Gasteiger partial charge on any atom is -0.489 e. The van der Waals surface area contributed by atoms with E-state index in [2.05, 4.69) is 5.32 Å². The third-order valence-corrected chi connectivity index (χ3v) is 3.76. The van der Waals surface area contributed by atoms with Gasteiger partial charge in [-0.1, -0.05) is 42.3 Å². The van der Waals surface area contributed by atoms with Crippen molar-refractivity contribution in [2.45, 2.75) is 20.0 Å². The van der Waals surface area contributed by atoms with Crippen LogP contribution in [0.1, 0.15) is 29.3 Å². The van der Waals surface area contributed by atoms with E-state index in [0.29, 0.717) is 34.5 Å². The third kappa shape index (κ3) is 4.65. The Morgan fingerprint density at radius 3 is 2.68 bits per heavy atom. The standard InChI is InChI=1S/C17H17Cl2NO2/c1-2-8-20-17(21)13-4-3-5-14(10-13)22-11-12-6-7-15(18)16(19)9-12/h3-7,9-10H,2,8,11H2,1H3,(H,20,21). The molecule has 2 aromatic rings. The van der Waals surface area contributed by atoms with Crippen molar-refractivity contribution in [1.82, 2.24) is 5.32 Å². The van der Waals surface area contributed by atoms with Gasteiger partial charge in [-0.15, -0.1) is 0 Å². The molecule has 22 heavy (non-hydrogen) atoms. The third-order valence-electron chi connectivity index (χ3n) is 3.02. The van der Waals surface area contributed by atoms with Crippen molar-refractivity contribution >= 4 is 29.1 Å². The van der Waals surface area contributed by atoms with E-state index in [1.807, 2.05) is 19.1 Å². The van der Waals surface area contributed by atoms with E-state index < -0.39 is 0 Å². The van der Waals surface area contributed by atoms with Crippen LogP contribution in [-0.2, 0) is 6.61 Å². The molecule has 3 nitrogen and oxygen atoms in total. The predicted molar refractivity (Wildman–Crippen MR) is 89.9 cm³/mol. The zero-order valence-electron chi connectivity index (χ0n) is 12.2. The lowest BCUT2D eigenvalue weighted by molar-refractivity contribution is 0.0953. The molecule has 0 aliphatic heterocycles. The molecule has 0 saturated carbocycles. The number of rotatable bonds is 6. The zero-order chi connectivity index (χ0) is 15.9. The van der Waals surface area contributed by atoms with E-state index in [9.17, 15) is 4.79 Å². The zero-order valence-corrected chi connectivity index (χ0v) is 13.7. The number of benzene rings is 2. The van der Waals surface area contributed by atoms with Gasteiger partial charge in [0.05, 0.1) is 10.0 Å². The number of nitrogens with one attached hydrogen (secondary N) is 1. The van der Waals surface area contributed by atoms with Crippen LogP contribution in [0.25, 0.3) is 0 Å². The number of ether oxygens (including phenoxy) is 1. The van der Waals surface area contributed by atoms with E-state index in [4.69, 9.17) is 27.9 Å². The van der Waals surface area contributed by atoms with Crippen molar-refractivity contribution in [1.29, 1.82) is 0 Å². The van der Waals surface area contributed by atoms with Crippen molar-refractivity contribution in [3.8, 4) is 5.75 Å². The molecular weight excluding hydrogens is 321 g/mol. The first-order valence-corrected chi connectivity index (χ1v) is 7.80. The summed E-state index contributed by atoms with van der Waals surface area (Å²) in [4.78, 5) is 11.9. The van der Waals surface area contributed by atoms with E-state index in [1.165, 1.54) is 0 Å². The number of hydrogen-bond acceptors (Lipinski definition) is 2. The molecule has 0 saturated heterocycles. The molecule has 2 aromatic carbocycles. The molecule has 0 fully saturated rings. The summed E-state index contributed by atoms with van der Waals surface area (Å²) in [7, 11) is 0. The van der Waals surface area contributed by atoms with Crippen LogP contribution in [0.4, 0.5) is 0 Å². The summed E-state index contributed by atoms with van der Waals surface area (Å²) in [5.41, 5.74) is 1.50. The highest BCUT2D eigenvalue weighted by Gasteiger charge is 2.06. The summed E-state index contributed by atoms with van der Waals surface area (Å²) < 4.78 is 5.70. The Labute approximate surface area is 140 Å². The second-order valence-corrected chi connectivity index (χ2v) is 5.64. The fourth-order valence-electron chi connectivity index (χ4n) is 1.86. The molecule has 0 aliphatic carbocycles. The molecule has 116 valence electrons. The second kappa shape index (κ2) is 8.06. The Kier molecular flexibility index (Phi) is 6.10. The molecule has 1 N–H and O–H groups in total. The van der Waals surface area contributed by atoms with Crippen LogP contribution in [0.5, 0.6) is 5.75 Å². The van der Waals surface area contributed by atoms with E-state index >= 15 is 0 Å². The van der Waals surface area contributed by atoms with Gasteiger partial charge in [0.1, 0.15) is 12.4 Å². The van der Waals surface area contributed by atoms with Crippen molar-refractivity contribution in [2.75, 3.05) is 6.54 Å². The second-order valence-electron chi connectivity index (χ2n) is 4.82. The van der Waals surface area contributed by atoms with Crippen LogP contribution in [-0.4, -0.2) is 12.5 Å². The molecule has 0 heterocycles. The van der Waals surface area contributed by atoms with Crippen LogP contribution in [0.3, 0.4) is 0 Å². The first-order chi connectivity index (χ1) is 10.6. The van der Waals surface area contributed by atoms with Crippen molar-refractivity contribution in [3.63, 3.8) is 0 Å². The van der Waals surface area contributed by atoms with Gasteiger partial charge in [-0.2, -0.15) is 0 Å².